The summed E-state index contributed by atoms with van der Waals surface area (Å²) in [5.41, 5.74) is 4.26. The number of hydrogen-bond acceptors (Lipinski definition) is 3. The number of fused-ring (bicyclic) bond motifs is 3. The summed E-state index contributed by atoms with van der Waals surface area (Å²) in [5, 5.41) is 3.70. The smallest absolute Gasteiger partial charge is 0.195 e. The summed E-state index contributed by atoms with van der Waals surface area (Å²) in [6.07, 6.45) is 6.50. The molecule has 3 heteroatoms. The van der Waals surface area contributed by atoms with Crippen molar-refractivity contribution in [2.45, 2.75) is 64.1 Å². The van der Waals surface area contributed by atoms with Crippen molar-refractivity contribution in [3.8, 4) is 0 Å². The molecule has 21 heavy (non-hydrogen) atoms. The number of guanidine groups is 1. The number of aryl methyl sites for hydroxylation is 2. The van der Waals surface area contributed by atoms with Crippen LogP contribution in [0, 0.1) is 13.8 Å². The minimum atomic E-state index is 0.511. The maximum Gasteiger partial charge on any atom is 0.195 e. The third-order valence-corrected chi connectivity index (χ3v) is 5.56. The van der Waals surface area contributed by atoms with Gasteiger partial charge in [0.25, 0.3) is 0 Å². The molecule has 0 amide bonds. The molecule has 0 aromatic heterocycles. The van der Waals surface area contributed by atoms with Crippen molar-refractivity contribution in [3.63, 3.8) is 0 Å². The molecule has 1 saturated heterocycles. The molecule has 0 spiro atoms. The van der Waals surface area contributed by atoms with Crippen LogP contribution < -0.4 is 5.32 Å². The summed E-state index contributed by atoms with van der Waals surface area (Å²) >= 11 is 0. The number of nitrogens with zero attached hydrogens (tertiary/aromatic N) is 2. The Labute approximate surface area is 127 Å². The van der Waals surface area contributed by atoms with Crippen molar-refractivity contribution in [2.24, 2.45) is 4.99 Å². The first-order chi connectivity index (χ1) is 10.2. The second-order valence-corrected chi connectivity index (χ2v) is 6.86. The summed E-state index contributed by atoms with van der Waals surface area (Å²) in [6, 6.07) is 8.79. The van der Waals surface area contributed by atoms with Crippen LogP contribution in [0.25, 0.3) is 0 Å². The summed E-state index contributed by atoms with van der Waals surface area (Å²) in [7, 11) is 0. The molecular formula is C18H25N3. The van der Waals surface area contributed by atoms with Gasteiger partial charge in [0.15, 0.2) is 5.96 Å². The topological polar surface area (TPSA) is 27.6 Å². The van der Waals surface area contributed by atoms with Crippen LogP contribution in [-0.2, 0) is 0 Å². The predicted molar refractivity (Wildman–Crippen MR) is 86.6 cm³/mol. The molecule has 1 aliphatic carbocycles. The van der Waals surface area contributed by atoms with E-state index in [9.17, 15) is 0 Å². The fourth-order valence-corrected chi connectivity index (χ4v) is 4.25. The highest BCUT2D eigenvalue weighted by molar-refractivity contribution is 5.84. The van der Waals surface area contributed by atoms with E-state index in [-0.39, 0.29) is 0 Å². The monoisotopic (exact) mass is 283 g/mol. The normalized spacial score (nSPS) is 31.2. The molecule has 2 aliphatic heterocycles. The van der Waals surface area contributed by atoms with Gasteiger partial charge in [-0.15, -0.1) is 0 Å². The van der Waals surface area contributed by atoms with Crippen LogP contribution in [0.2, 0.25) is 0 Å². The van der Waals surface area contributed by atoms with Crippen molar-refractivity contribution in [3.05, 3.63) is 34.9 Å². The Morgan fingerprint density at radius 3 is 2.81 bits per heavy atom. The third-order valence-electron chi connectivity index (χ3n) is 5.56. The molecule has 112 valence electrons. The molecule has 1 N–H and O–H groups in total. The van der Waals surface area contributed by atoms with E-state index in [0.29, 0.717) is 18.1 Å². The minimum absolute atomic E-state index is 0.511. The highest BCUT2D eigenvalue weighted by Crippen LogP contribution is 2.38. The SMILES string of the molecule is Cc1ccc(C2CCN=C3NC4CCCCC4N32)cc1C. The lowest BCUT2D eigenvalue weighted by Gasteiger charge is -2.38. The van der Waals surface area contributed by atoms with Crippen LogP contribution in [0.5, 0.6) is 0 Å². The largest absolute Gasteiger partial charge is 0.351 e. The Morgan fingerprint density at radius 1 is 1.10 bits per heavy atom. The lowest BCUT2D eigenvalue weighted by Crippen LogP contribution is -2.43. The van der Waals surface area contributed by atoms with Crippen molar-refractivity contribution >= 4 is 5.96 Å². The first-order valence-corrected chi connectivity index (χ1v) is 8.40. The van der Waals surface area contributed by atoms with Gasteiger partial charge in [-0.1, -0.05) is 31.0 Å². The first kappa shape index (κ1) is 13.2. The van der Waals surface area contributed by atoms with Crippen LogP contribution in [-0.4, -0.2) is 29.5 Å². The predicted octanol–water partition coefficient (Wildman–Crippen LogP) is 3.32. The maximum atomic E-state index is 4.76. The van der Waals surface area contributed by atoms with Gasteiger partial charge in [0.1, 0.15) is 0 Å². The zero-order valence-corrected chi connectivity index (χ0v) is 13.1. The van der Waals surface area contributed by atoms with E-state index < -0.39 is 0 Å². The van der Waals surface area contributed by atoms with E-state index in [1.54, 1.807) is 0 Å². The standard InChI is InChI=1S/C18H25N3/c1-12-7-8-14(11-13(12)2)16-9-10-19-18-20-15-5-3-4-6-17(15)21(16)18/h7-8,11,15-17H,3-6,9-10H2,1-2H3,(H,19,20). The zero-order chi connectivity index (χ0) is 14.4. The Morgan fingerprint density at radius 2 is 1.95 bits per heavy atom. The first-order valence-electron chi connectivity index (χ1n) is 8.40. The summed E-state index contributed by atoms with van der Waals surface area (Å²) < 4.78 is 0. The number of benzene rings is 1. The van der Waals surface area contributed by atoms with Gasteiger partial charge in [-0.25, -0.2) is 0 Å². The molecule has 1 aromatic carbocycles. The van der Waals surface area contributed by atoms with Gasteiger partial charge < -0.3 is 10.2 Å². The average Bonchev–Trinajstić information content (AvgIpc) is 2.88. The Bertz CT molecular complexity index is 578. The molecule has 4 rings (SSSR count). The van der Waals surface area contributed by atoms with Crippen LogP contribution in [0.3, 0.4) is 0 Å². The van der Waals surface area contributed by atoms with Gasteiger partial charge in [-0.05, 0) is 49.8 Å². The van der Waals surface area contributed by atoms with Crippen molar-refractivity contribution in [1.29, 1.82) is 0 Å². The zero-order valence-electron chi connectivity index (χ0n) is 13.1. The van der Waals surface area contributed by atoms with Crippen LogP contribution in [0.15, 0.2) is 23.2 Å². The number of aliphatic imine (C=N–C) groups is 1. The van der Waals surface area contributed by atoms with Crippen molar-refractivity contribution in [1.82, 2.24) is 10.2 Å². The quantitative estimate of drug-likeness (QED) is 0.856. The number of nitrogens with one attached hydrogen (secondary N) is 1. The Kier molecular flexibility index (Phi) is 3.16. The van der Waals surface area contributed by atoms with E-state index in [1.807, 2.05) is 0 Å². The molecular weight excluding hydrogens is 258 g/mol. The van der Waals surface area contributed by atoms with E-state index in [2.05, 4.69) is 42.3 Å². The van der Waals surface area contributed by atoms with E-state index in [1.165, 1.54) is 48.3 Å². The highest BCUT2D eigenvalue weighted by atomic mass is 15.4. The van der Waals surface area contributed by atoms with Gasteiger partial charge in [0.05, 0.1) is 12.1 Å². The molecule has 3 unspecified atom stereocenters. The lowest BCUT2D eigenvalue weighted by atomic mass is 9.88. The fraction of sp³-hybridized carbons (Fsp3) is 0.611. The van der Waals surface area contributed by atoms with Gasteiger partial charge in [-0.2, -0.15) is 0 Å². The van der Waals surface area contributed by atoms with Gasteiger partial charge in [-0.3, -0.25) is 4.99 Å². The molecule has 1 saturated carbocycles. The molecule has 3 nitrogen and oxygen atoms in total. The van der Waals surface area contributed by atoms with E-state index >= 15 is 0 Å². The molecule has 3 atom stereocenters. The van der Waals surface area contributed by atoms with Crippen LogP contribution in [0.1, 0.15) is 54.8 Å². The van der Waals surface area contributed by atoms with Crippen molar-refractivity contribution < 1.29 is 0 Å². The summed E-state index contributed by atoms with van der Waals surface area (Å²) in [5.74, 6) is 1.17. The van der Waals surface area contributed by atoms with Crippen LogP contribution >= 0.6 is 0 Å². The fourth-order valence-electron chi connectivity index (χ4n) is 4.25. The molecule has 2 heterocycles. The second-order valence-electron chi connectivity index (χ2n) is 6.86. The molecule has 2 fully saturated rings. The van der Waals surface area contributed by atoms with Gasteiger partial charge in [0, 0.05) is 12.6 Å². The molecule has 3 aliphatic rings. The highest BCUT2D eigenvalue weighted by Gasteiger charge is 2.43. The van der Waals surface area contributed by atoms with Gasteiger partial charge in [0.2, 0.25) is 0 Å². The Hall–Kier alpha value is -1.51. The maximum absolute atomic E-state index is 4.76. The van der Waals surface area contributed by atoms with Crippen molar-refractivity contribution in [2.75, 3.05) is 6.54 Å². The summed E-state index contributed by atoms with van der Waals surface area (Å²) in [6.45, 7) is 5.37. The molecule has 0 radical (unpaired) electrons. The second kappa shape index (κ2) is 5.04. The van der Waals surface area contributed by atoms with Crippen LogP contribution in [0.4, 0.5) is 0 Å². The van der Waals surface area contributed by atoms with E-state index in [4.69, 9.17) is 4.99 Å². The summed E-state index contributed by atoms with van der Waals surface area (Å²) in [4.78, 5) is 7.37. The average molecular weight is 283 g/mol. The molecule has 0 bridgehead atoms. The third kappa shape index (κ3) is 2.14. The Balaban J connectivity index is 1.69. The van der Waals surface area contributed by atoms with Gasteiger partial charge >= 0.3 is 0 Å². The van der Waals surface area contributed by atoms with E-state index in [0.717, 1.165) is 13.0 Å². The lowest BCUT2D eigenvalue weighted by molar-refractivity contribution is 0.188. The minimum Gasteiger partial charge on any atom is -0.351 e. The molecule has 1 aromatic rings. The number of rotatable bonds is 1. The number of hydrogen-bond donors (Lipinski definition) is 1.